The first-order valence-corrected chi connectivity index (χ1v) is 9.75. The Hall–Kier alpha value is -4.75. The molecule has 7 nitrogen and oxygen atoms in total. The van der Waals surface area contributed by atoms with Gasteiger partial charge in [0.2, 0.25) is 0 Å². The maximum absolute atomic E-state index is 12.8. The molecule has 154 valence electrons. The largest absolute Gasteiger partial charge is 0.292 e. The number of nitrogens with zero attached hydrogens (tertiary/aromatic N) is 4. The van der Waals surface area contributed by atoms with Crippen LogP contribution >= 0.6 is 0 Å². The maximum Gasteiger partial charge on any atom is 0.292 e. The van der Waals surface area contributed by atoms with Gasteiger partial charge in [-0.1, -0.05) is 42.5 Å². The van der Waals surface area contributed by atoms with E-state index in [1.807, 2.05) is 43.3 Å². The van der Waals surface area contributed by atoms with E-state index in [0.29, 0.717) is 5.69 Å². The molecule has 7 heteroatoms. The third-order valence-corrected chi connectivity index (χ3v) is 4.95. The number of nitriles is 1. The average Bonchev–Trinajstić information content (AvgIpc) is 2.79. The Bertz CT molecular complexity index is 1470. The molecule has 3 aromatic carbocycles. The second-order valence-electron chi connectivity index (χ2n) is 7.13. The highest BCUT2D eigenvalue weighted by molar-refractivity contribution is 6.00. The Morgan fingerprint density at radius 2 is 2.03 bits per heavy atom. The molecular formula is C25H17N5O2. The number of amides is 1. The zero-order valence-electron chi connectivity index (χ0n) is 17.4. The molecule has 1 heterocycles. The molecular weight excluding hydrogens is 402 g/mol. The van der Waals surface area contributed by atoms with Crippen LogP contribution in [0.4, 0.5) is 0 Å². The maximum atomic E-state index is 12.8. The Balaban J connectivity index is 1.69. The van der Waals surface area contributed by atoms with Gasteiger partial charge in [0.15, 0.2) is 5.69 Å². The van der Waals surface area contributed by atoms with E-state index in [1.165, 1.54) is 13.1 Å². The molecule has 1 N–H and O–H groups in total. The van der Waals surface area contributed by atoms with Gasteiger partial charge in [-0.05, 0) is 49.1 Å². The number of hydrogen-bond acceptors (Lipinski definition) is 5. The van der Waals surface area contributed by atoms with Gasteiger partial charge in [-0.25, -0.2) is 5.43 Å². The lowest BCUT2D eigenvalue weighted by Gasteiger charge is -2.11. The van der Waals surface area contributed by atoms with E-state index in [9.17, 15) is 14.9 Å². The first kappa shape index (κ1) is 20.5. The number of aryl methyl sites for hydroxylation is 1. The van der Waals surface area contributed by atoms with Crippen LogP contribution in [-0.2, 0) is 0 Å². The van der Waals surface area contributed by atoms with E-state index in [2.05, 4.69) is 27.8 Å². The summed E-state index contributed by atoms with van der Waals surface area (Å²) in [6, 6.07) is 24.3. The highest BCUT2D eigenvalue weighted by Gasteiger charge is 2.20. The minimum absolute atomic E-state index is 0.0578. The lowest BCUT2D eigenvalue weighted by molar-refractivity contribution is 0.0947. The fourth-order valence-electron chi connectivity index (χ4n) is 3.32. The zero-order chi connectivity index (χ0) is 22.7. The van der Waals surface area contributed by atoms with Gasteiger partial charge >= 0.3 is 0 Å². The Kier molecular flexibility index (Phi) is 5.48. The van der Waals surface area contributed by atoms with Crippen LogP contribution in [0.5, 0.6) is 0 Å². The molecule has 0 radical (unpaired) electrons. The van der Waals surface area contributed by atoms with Crippen LogP contribution in [0.3, 0.4) is 0 Å². The summed E-state index contributed by atoms with van der Waals surface area (Å²) in [5, 5.41) is 19.6. The molecule has 0 fully saturated rings. The van der Waals surface area contributed by atoms with Gasteiger partial charge in [-0.2, -0.15) is 20.1 Å². The molecule has 32 heavy (non-hydrogen) atoms. The van der Waals surface area contributed by atoms with Gasteiger partial charge in [0.25, 0.3) is 11.5 Å². The van der Waals surface area contributed by atoms with Gasteiger partial charge < -0.3 is 0 Å². The lowest BCUT2D eigenvalue weighted by atomic mass is 10.1. The average molecular weight is 419 g/mol. The monoisotopic (exact) mass is 419 g/mol. The van der Waals surface area contributed by atoms with Gasteiger partial charge in [-0.3, -0.25) is 9.59 Å². The Morgan fingerprint density at radius 1 is 1.22 bits per heavy atom. The van der Waals surface area contributed by atoms with E-state index in [4.69, 9.17) is 0 Å². The molecule has 1 amide bonds. The number of benzene rings is 2. The predicted octanol–water partition coefficient (Wildman–Crippen LogP) is 3.24. The van der Waals surface area contributed by atoms with Crippen molar-refractivity contribution in [1.82, 2.24) is 15.2 Å². The molecule has 1 aromatic heterocycles. The highest BCUT2D eigenvalue weighted by Crippen LogP contribution is 2.14. The van der Waals surface area contributed by atoms with Crippen molar-refractivity contribution in [1.29, 1.82) is 5.26 Å². The number of nitrogens with one attached hydrogen (secondary N) is 1. The standard InChI is InChI=1S/C25H17N5O2/c1-16-7-5-11-20(13-16)30-25(32)22(14-26)17(2)23(29-30)24(31)28-27-15-19-10-6-9-18-8-3-4-12-21(18)19/h3-5,7-8,10-13,15H,1-2H3,(H,28,31)/b27-15+. The minimum Gasteiger partial charge on any atom is -0.266 e. The number of carbonyl (C=O) groups is 1. The lowest BCUT2D eigenvalue weighted by Crippen LogP contribution is -2.31. The highest BCUT2D eigenvalue weighted by atomic mass is 16.2. The fourth-order valence-corrected chi connectivity index (χ4v) is 3.32. The summed E-state index contributed by atoms with van der Waals surface area (Å²) in [6.07, 6.45) is 1.50. The Labute approximate surface area is 184 Å². The number of rotatable bonds is 4. The third kappa shape index (κ3) is 3.83. The van der Waals surface area contributed by atoms with E-state index >= 15 is 0 Å². The second-order valence-corrected chi connectivity index (χ2v) is 7.13. The number of hydrazone groups is 1. The zero-order valence-corrected chi connectivity index (χ0v) is 17.4. The van der Waals surface area contributed by atoms with Crippen LogP contribution in [-0.4, -0.2) is 21.9 Å². The third-order valence-electron chi connectivity index (χ3n) is 4.95. The summed E-state index contributed by atoms with van der Waals surface area (Å²) in [7, 11) is 0. The molecule has 0 atom stereocenters. The van der Waals surface area contributed by atoms with E-state index < -0.39 is 11.5 Å². The van der Waals surface area contributed by atoms with E-state index in [1.54, 1.807) is 24.3 Å². The first-order valence-electron chi connectivity index (χ1n) is 9.75. The molecule has 4 rings (SSSR count). The second kappa shape index (κ2) is 8.55. The van der Waals surface area contributed by atoms with Gasteiger partial charge in [0.1, 0.15) is 11.6 Å². The molecule has 0 aliphatic rings. The van der Waals surface area contributed by atoms with Crippen LogP contribution in [0, 0.1) is 37.3 Å². The van der Waals surface area contributed by atoms with Crippen molar-refractivity contribution in [3.8, 4) is 11.8 Å². The van der Waals surface area contributed by atoms with Crippen LogP contribution in [0.2, 0.25) is 0 Å². The summed E-state index contributed by atoms with van der Waals surface area (Å²) in [5.41, 5.74) is 3.98. The molecule has 4 aromatic rings. The summed E-state index contributed by atoms with van der Waals surface area (Å²) in [5.74, 6) is -0.632. The van der Waals surface area contributed by atoms with Gasteiger partial charge in [0, 0.05) is 16.5 Å². The molecule has 0 saturated heterocycles. The smallest absolute Gasteiger partial charge is 0.266 e. The summed E-state index contributed by atoms with van der Waals surface area (Å²) in [6.45, 7) is 3.39. The fraction of sp³-hybridized carbons (Fsp3) is 0.0800. The molecule has 0 unspecified atom stereocenters. The van der Waals surface area contributed by atoms with E-state index in [0.717, 1.165) is 26.6 Å². The number of fused-ring (bicyclic) bond motifs is 1. The molecule has 0 bridgehead atoms. The van der Waals surface area contributed by atoms with Crippen LogP contribution in [0.15, 0.2) is 64.5 Å². The molecule has 0 aliphatic carbocycles. The number of aromatic nitrogens is 2. The van der Waals surface area contributed by atoms with E-state index in [-0.39, 0.29) is 16.8 Å². The number of hydrogen-bond donors (Lipinski definition) is 1. The summed E-state index contributed by atoms with van der Waals surface area (Å²) < 4.78 is 1.06. The van der Waals surface area contributed by atoms with Crippen LogP contribution in [0.1, 0.15) is 32.7 Å². The van der Waals surface area contributed by atoms with Gasteiger partial charge in [0.05, 0.1) is 11.9 Å². The van der Waals surface area contributed by atoms with Crippen molar-refractivity contribution in [2.75, 3.05) is 0 Å². The van der Waals surface area contributed by atoms with Gasteiger partial charge in [-0.15, -0.1) is 0 Å². The van der Waals surface area contributed by atoms with Crippen molar-refractivity contribution in [3.63, 3.8) is 0 Å². The molecule has 0 saturated carbocycles. The van der Waals surface area contributed by atoms with Crippen molar-refractivity contribution in [2.45, 2.75) is 13.8 Å². The van der Waals surface area contributed by atoms with Crippen LogP contribution in [0.25, 0.3) is 16.5 Å². The predicted molar refractivity (Wildman–Crippen MR) is 121 cm³/mol. The van der Waals surface area contributed by atoms with Crippen molar-refractivity contribution >= 4 is 22.9 Å². The van der Waals surface area contributed by atoms with Crippen molar-refractivity contribution in [3.05, 3.63) is 105 Å². The SMILES string of the molecule is Cc1cccc(-n2nc(C(=O)N/N=C/c3cc#cc4ccccc34)c(C)c(C#N)c2=O)c1. The van der Waals surface area contributed by atoms with Crippen LogP contribution < -0.4 is 11.0 Å². The quantitative estimate of drug-likeness (QED) is 0.405. The molecule has 0 aliphatic heterocycles. The number of carbonyl (C=O) groups excluding carboxylic acids is 1. The first-order chi connectivity index (χ1) is 15.5. The summed E-state index contributed by atoms with van der Waals surface area (Å²) >= 11 is 0. The Morgan fingerprint density at radius 3 is 2.81 bits per heavy atom. The van der Waals surface area contributed by atoms with Crippen molar-refractivity contribution < 1.29 is 4.79 Å². The minimum atomic E-state index is -0.632. The molecule has 0 spiro atoms. The van der Waals surface area contributed by atoms with Crippen molar-refractivity contribution in [2.24, 2.45) is 5.10 Å². The normalized spacial score (nSPS) is 10.7. The topological polar surface area (TPSA) is 100 Å². The summed E-state index contributed by atoms with van der Waals surface area (Å²) in [4.78, 5) is 25.6.